The molecule has 1 aliphatic rings. The Hall–Kier alpha value is -0.900. The Morgan fingerprint density at radius 1 is 1.46 bits per heavy atom. The van der Waals surface area contributed by atoms with E-state index < -0.39 is 5.60 Å². The lowest BCUT2D eigenvalue weighted by molar-refractivity contribution is 0.0603. The van der Waals surface area contributed by atoms with Gasteiger partial charge in [0.1, 0.15) is 11.6 Å². The van der Waals surface area contributed by atoms with Gasteiger partial charge in [0.2, 0.25) is 0 Å². The van der Waals surface area contributed by atoms with Crippen molar-refractivity contribution in [3.05, 3.63) is 11.6 Å². The molecule has 2 atom stereocenters. The van der Waals surface area contributed by atoms with Crippen molar-refractivity contribution in [1.82, 2.24) is 25.4 Å². The van der Waals surface area contributed by atoms with Crippen LogP contribution in [0.15, 0.2) is 4.99 Å². The van der Waals surface area contributed by atoms with Gasteiger partial charge in [-0.1, -0.05) is 20.8 Å². The minimum absolute atomic E-state index is 0. The molecule has 0 saturated carbocycles. The van der Waals surface area contributed by atoms with Gasteiger partial charge < -0.3 is 20.3 Å². The summed E-state index contributed by atoms with van der Waals surface area (Å²) in [4.78, 5) is 4.26. The Morgan fingerprint density at radius 3 is 2.75 bits per heavy atom. The number of rotatable bonds is 5. The molecule has 0 spiro atoms. The van der Waals surface area contributed by atoms with Gasteiger partial charge in [-0.2, -0.15) is 0 Å². The Labute approximate surface area is 161 Å². The van der Waals surface area contributed by atoms with E-state index in [1.165, 1.54) is 0 Å². The number of guanidine groups is 1. The van der Waals surface area contributed by atoms with Gasteiger partial charge in [-0.15, -0.1) is 34.2 Å². The molecule has 1 aliphatic heterocycles. The fraction of sp³-hybridized carbons (Fsp3) is 0.812. The molecule has 0 saturated heterocycles. The standard InChI is InChI=1S/C16H30N6O.HI/c1-6-16(4,23)10-18-15(17-5)19-12-7-8-13-20-21-14(11(2)3)22(13)9-12;/h11-12,23H,6-10H2,1-5H3,(H2,17,18,19);1H. The van der Waals surface area contributed by atoms with E-state index in [1.54, 1.807) is 7.05 Å². The molecule has 24 heavy (non-hydrogen) atoms. The second-order valence-electron chi connectivity index (χ2n) is 6.90. The van der Waals surface area contributed by atoms with Crippen LogP contribution in [0.25, 0.3) is 0 Å². The summed E-state index contributed by atoms with van der Waals surface area (Å²) in [5, 5.41) is 25.4. The molecule has 2 heterocycles. The number of aliphatic imine (C=N–C) groups is 1. The minimum atomic E-state index is -0.726. The number of nitrogens with zero attached hydrogens (tertiary/aromatic N) is 4. The molecule has 8 heteroatoms. The monoisotopic (exact) mass is 450 g/mol. The Morgan fingerprint density at radius 2 is 2.17 bits per heavy atom. The molecular formula is C16H31IN6O. The molecule has 1 aromatic heterocycles. The Balaban J connectivity index is 0.00000288. The SMILES string of the molecule is CCC(C)(O)CNC(=NC)NC1CCc2nnc(C(C)C)n2C1.I. The minimum Gasteiger partial charge on any atom is -0.388 e. The van der Waals surface area contributed by atoms with Crippen molar-refractivity contribution in [1.29, 1.82) is 0 Å². The molecule has 0 aliphatic carbocycles. The van der Waals surface area contributed by atoms with E-state index in [-0.39, 0.29) is 30.0 Å². The highest BCUT2D eigenvalue weighted by Crippen LogP contribution is 2.20. The van der Waals surface area contributed by atoms with E-state index in [0.717, 1.165) is 37.0 Å². The zero-order valence-electron chi connectivity index (χ0n) is 15.3. The first-order valence-electron chi connectivity index (χ1n) is 8.47. The van der Waals surface area contributed by atoms with Crippen molar-refractivity contribution in [2.75, 3.05) is 13.6 Å². The average Bonchev–Trinajstić information content (AvgIpc) is 2.94. The highest BCUT2D eigenvalue weighted by Gasteiger charge is 2.25. The van der Waals surface area contributed by atoms with Crippen LogP contribution in [0.5, 0.6) is 0 Å². The fourth-order valence-electron chi connectivity index (χ4n) is 2.68. The summed E-state index contributed by atoms with van der Waals surface area (Å²) in [5.74, 6) is 3.21. The van der Waals surface area contributed by atoms with Crippen LogP contribution in [0.3, 0.4) is 0 Å². The highest BCUT2D eigenvalue weighted by molar-refractivity contribution is 14.0. The number of nitrogens with one attached hydrogen (secondary N) is 2. The van der Waals surface area contributed by atoms with Crippen molar-refractivity contribution in [2.45, 2.75) is 71.1 Å². The number of aliphatic hydroxyl groups is 1. The summed E-state index contributed by atoms with van der Waals surface area (Å²) in [6, 6.07) is 0.286. The van der Waals surface area contributed by atoms with Gasteiger partial charge in [-0.05, 0) is 19.8 Å². The number of fused-ring (bicyclic) bond motifs is 1. The van der Waals surface area contributed by atoms with Crippen LogP contribution in [0.1, 0.15) is 58.1 Å². The first kappa shape index (κ1) is 21.1. The summed E-state index contributed by atoms with van der Waals surface area (Å²) in [5.41, 5.74) is -0.726. The summed E-state index contributed by atoms with van der Waals surface area (Å²) in [6.45, 7) is 9.40. The zero-order chi connectivity index (χ0) is 17.0. The number of aromatic nitrogens is 3. The van der Waals surface area contributed by atoms with Crippen LogP contribution in [0, 0.1) is 0 Å². The average molecular weight is 450 g/mol. The van der Waals surface area contributed by atoms with Crippen LogP contribution >= 0.6 is 24.0 Å². The maximum absolute atomic E-state index is 10.1. The molecule has 0 fully saturated rings. The summed E-state index contributed by atoms with van der Waals surface area (Å²) in [7, 11) is 1.75. The third-order valence-electron chi connectivity index (χ3n) is 4.45. The van der Waals surface area contributed by atoms with Crippen LogP contribution in [-0.2, 0) is 13.0 Å². The third-order valence-corrected chi connectivity index (χ3v) is 4.45. The maximum atomic E-state index is 10.1. The largest absolute Gasteiger partial charge is 0.388 e. The van der Waals surface area contributed by atoms with Crippen molar-refractivity contribution in [3.63, 3.8) is 0 Å². The second-order valence-corrected chi connectivity index (χ2v) is 6.90. The van der Waals surface area contributed by atoms with E-state index in [9.17, 15) is 5.11 Å². The molecule has 0 aromatic carbocycles. The van der Waals surface area contributed by atoms with Gasteiger partial charge in [0.25, 0.3) is 0 Å². The van der Waals surface area contributed by atoms with Crippen molar-refractivity contribution >= 4 is 29.9 Å². The fourth-order valence-corrected chi connectivity index (χ4v) is 2.68. The second kappa shape index (κ2) is 8.98. The first-order chi connectivity index (χ1) is 10.9. The van der Waals surface area contributed by atoms with Crippen LogP contribution in [0.4, 0.5) is 0 Å². The molecular weight excluding hydrogens is 419 g/mol. The van der Waals surface area contributed by atoms with Gasteiger partial charge in [0.15, 0.2) is 5.96 Å². The molecule has 7 nitrogen and oxygen atoms in total. The molecule has 2 unspecified atom stereocenters. The van der Waals surface area contributed by atoms with E-state index in [2.05, 4.69) is 44.2 Å². The maximum Gasteiger partial charge on any atom is 0.191 e. The topological polar surface area (TPSA) is 87.4 Å². The van der Waals surface area contributed by atoms with Crippen LogP contribution < -0.4 is 10.6 Å². The van der Waals surface area contributed by atoms with Gasteiger partial charge in [0.05, 0.1) is 5.60 Å². The number of hydrogen-bond acceptors (Lipinski definition) is 4. The van der Waals surface area contributed by atoms with Crippen molar-refractivity contribution in [2.24, 2.45) is 4.99 Å². The summed E-state index contributed by atoms with van der Waals surface area (Å²) in [6.07, 6.45) is 2.62. The molecule has 138 valence electrons. The molecule has 2 rings (SSSR count). The normalized spacial score (nSPS) is 20.1. The van der Waals surface area contributed by atoms with E-state index in [4.69, 9.17) is 0 Å². The van der Waals surface area contributed by atoms with E-state index in [1.807, 2.05) is 13.8 Å². The molecule has 1 aromatic rings. The van der Waals surface area contributed by atoms with E-state index in [0.29, 0.717) is 18.9 Å². The molecule has 0 bridgehead atoms. The summed E-state index contributed by atoms with van der Waals surface area (Å²) < 4.78 is 2.22. The number of hydrogen-bond donors (Lipinski definition) is 3. The van der Waals surface area contributed by atoms with Gasteiger partial charge in [0, 0.05) is 38.5 Å². The quantitative estimate of drug-likeness (QED) is 0.361. The van der Waals surface area contributed by atoms with Gasteiger partial charge in [-0.25, -0.2) is 0 Å². The lowest BCUT2D eigenvalue weighted by atomic mass is 10.0. The van der Waals surface area contributed by atoms with Gasteiger partial charge >= 0.3 is 0 Å². The third kappa shape index (κ3) is 5.30. The first-order valence-corrected chi connectivity index (χ1v) is 8.47. The number of aryl methyl sites for hydroxylation is 1. The summed E-state index contributed by atoms with van der Waals surface area (Å²) >= 11 is 0. The predicted molar refractivity (Wildman–Crippen MR) is 107 cm³/mol. The van der Waals surface area contributed by atoms with E-state index >= 15 is 0 Å². The lowest BCUT2D eigenvalue weighted by Gasteiger charge is -2.29. The van der Waals surface area contributed by atoms with Gasteiger partial charge in [-0.3, -0.25) is 4.99 Å². The lowest BCUT2D eigenvalue weighted by Crippen LogP contribution is -2.50. The van der Waals surface area contributed by atoms with Crippen molar-refractivity contribution in [3.8, 4) is 0 Å². The zero-order valence-corrected chi connectivity index (χ0v) is 17.7. The molecule has 0 radical (unpaired) electrons. The Bertz CT molecular complexity index is 555. The Kier molecular flexibility index (Phi) is 7.91. The predicted octanol–water partition coefficient (Wildman–Crippen LogP) is 1.66. The number of halogens is 1. The highest BCUT2D eigenvalue weighted by atomic mass is 127. The molecule has 3 N–H and O–H groups in total. The smallest absolute Gasteiger partial charge is 0.191 e. The van der Waals surface area contributed by atoms with Crippen LogP contribution in [-0.4, -0.2) is 51.1 Å². The van der Waals surface area contributed by atoms with Crippen LogP contribution in [0.2, 0.25) is 0 Å². The van der Waals surface area contributed by atoms with Crippen molar-refractivity contribution < 1.29 is 5.11 Å². The molecule has 0 amide bonds.